The number of hydrogen-bond donors (Lipinski definition) is 2. The molecule has 0 aliphatic carbocycles. The molecule has 1 aliphatic heterocycles. The van der Waals surface area contributed by atoms with Crippen LogP contribution in [0.1, 0.15) is 5.56 Å². The summed E-state index contributed by atoms with van der Waals surface area (Å²) in [5.41, 5.74) is 0.955. The molecule has 28 heavy (non-hydrogen) atoms. The quantitative estimate of drug-likeness (QED) is 0.626. The van der Waals surface area contributed by atoms with Gasteiger partial charge in [-0.05, 0) is 17.7 Å². The van der Waals surface area contributed by atoms with E-state index in [1.807, 2.05) is 6.07 Å². The summed E-state index contributed by atoms with van der Waals surface area (Å²) in [6, 6.07) is 4.52. The third-order valence-electron chi connectivity index (χ3n) is 4.05. The van der Waals surface area contributed by atoms with E-state index in [1.165, 1.54) is 0 Å². The Morgan fingerprint density at radius 1 is 1.07 bits per heavy atom. The molecule has 0 amide bonds. The molecule has 1 saturated heterocycles. The van der Waals surface area contributed by atoms with Gasteiger partial charge in [-0.2, -0.15) is 5.10 Å². The van der Waals surface area contributed by atoms with Crippen LogP contribution in [-0.4, -0.2) is 58.0 Å². The van der Waals surface area contributed by atoms with Gasteiger partial charge in [0.2, 0.25) is 10.0 Å². The Balaban J connectivity index is 1.48. The maximum absolute atomic E-state index is 13.2. The molecule has 0 atom stereocenters. The topological polar surface area (TPSA) is 96.5 Å². The molecule has 152 valence electrons. The summed E-state index contributed by atoms with van der Waals surface area (Å²) in [5, 5.41) is 10.9. The Morgan fingerprint density at radius 3 is 2.50 bits per heavy atom. The molecule has 0 saturated carbocycles. The number of aromatic nitrogens is 2. The average Bonchev–Trinajstić information content (AvgIpc) is 2.65. The van der Waals surface area contributed by atoms with Crippen LogP contribution in [0.25, 0.3) is 0 Å². The summed E-state index contributed by atoms with van der Waals surface area (Å²) in [7, 11) is -3.73. The normalized spacial score (nSPS) is 14.9. The summed E-state index contributed by atoms with van der Waals surface area (Å²) in [6.07, 6.45) is 1.66. The van der Waals surface area contributed by atoms with Crippen molar-refractivity contribution in [2.45, 2.75) is 5.75 Å². The summed E-state index contributed by atoms with van der Waals surface area (Å²) in [4.78, 5) is 2.13. The molecule has 0 bridgehead atoms. The van der Waals surface area contributed by atoms with Gasteiger partial charge in [0.15, 0.2) is 5.82 Å². The Kier molecular flexibility index (Phi) is 6.70. The van der Waals surface area contributed by atoms with Crippen LogP contribution in [0.5, 0.6) is 0 Å². The SMILES string of the molecule is O=S(=O)(Cc1cc(F)cc(F)c1)NCCNc1cc(N2CCOCC2)cnn1. The first-order valence-electron chi connectivity index (χ1n) is 8.73. The smallest absolute Gasteiger partial charge is 0.215 e. The van der Waals surface area contributed by atoms with E-state index in [0.29, 0.717) is 25.1 Å². The molecule has 2 heterocycles. The van der Waals surface area contributed by atoms with Gasteiger partial charge in [-0.25, -0.2) is 21.9 Å². The number of sulfonamides is 1. The Hall–Kier alpha value is -2.37. The van der Waals surface area contributed by atoms with E-state index in [2.05, 4.69) is 25.1 Å². The van der Waals surface area contributed by atoms with Crippen molar-refractivity contribution in [2.75, 3.05) is 49.6 Å². The summed E-state index contributed by atoms with van der Waals surface area (Å²) in [6.45, 7) is 3.21. The second-order valence-electron chi connectivity index (χ2n) is 6.26. The number of halogens is 2. The van der Waals surface area contributed by atoms with Crippen molar-refractivity contribution in [3.05, 3.63) is 47.7 Å². The molecule has 1 fully saturated rings. The van der Waals surface area contributed by atoms with Crippen LogP contribution in [0.2, 0.25) is 0 Å². The minimum Gasteiger partial charge on any atom is -0.378 e. The molecule has 0 unspecified atom stereocenters. The highest BCUT2D eigenvalue weighted by Gasteiger charge is 2.14. The van der Waals surface area contributed by atoms with Crippen LogP contribution < -0.4 is 14.9 Å². The van der Waals surface area contributed by atoms with Crippen LogP contribution in [0, 0.1) is 11.6 Å². The van der Waals surface area contributed by atoms with E-state index in [9.17, 15) is 17.2 Å². The van der Waals surface area contributed by atoms with E-state index in [4.69, 9.17) is 4.74 Å². The lowest BCUT2D eigenvalue weighted by molar-refractivity contribution is 0.122. The molecule has 11 heteroatoms. The second-order valence-corrected chi connectivity index (χ2v) is 8.06. The van der Waals surface area contributed by atoms with Gasteiger partial charge < -0.3 is 15.0 Å². The predicted octanol–water partition coefficient (Wildman–Crippen LogP) is 1.12. The molecule has 8 nitrogen and oxygen atoms in total. The van der Waals surface area contributed by atoms with Crippen molar-refractivity contribution in [3.8, 4) is 0 Å². The van der Waals surface area contributed by atoms with E-state index in [-0.39, 0.29) is 18.7 Å². The molecule has 3 rings (SSSR count). The minimum atomic E-state index is -3.73. The molecule has 2 aromatic rings. The van der Waals surface area contributed by atoms with Crippen molar-refractivity contribution in [1.82, 2.24) is 14.9 Å². The molecular weight excluding hydrogens is 392 g/mol. The lowest BCUT2D eigenvalue weighted by Crippen LogP contribution is -2.36. The minimum absolute atomic E-state index is 0.0436. The van der Waals surface area contributed by atoms with E-state index in [0.717, 1.165) is 30.9 Å². The number of ether oxygens (including phenoxy) is 1. The molecular formula is C17H21F2N5O3S. The lowest BCUT2D eigenvalue weighted by Gasteiger charge is -2.28. The van der Waals surface area contributed by atoms with Crippen LogP contribution in [0.4, 0.5) is 20.3 Å². The second kappa shape index (κ2) is 9.22. The van der Waals surface area contributed by atoms with Crippen LogP contribution in [-0.2, 0) is 20.5 Å². The Bertz CT molecular complexity index is 887. The maximum atomic E-state index is 13.2. The number of nitrogens with zero attached hydrogens (tertiary/aromatic N) is 3. The molecule has 0 spiro atoms. The molecule has 0 radical (unpaired) electrons. The van der Waals surface area contributed by atoms with Crippen molar-refractivity contribution in [1.29, 1.82) is 0 Å². The first-order valence-corrected chi connectivity index (χ1v) is 10.4. The lowest BCUT2D eigenvalue weighted by atomic mass is 10.2. The summed E-state index contributed by atoms with van der Waals surface area (Å²) < 4.78 is 58.2. The maximum Gasteiger partial charge on any atom is 0.215 e. The zero-order valence-corrected chi connectivity index (χ0v) is 15.9. The number of rotatable bonds is 8. The first kappa shape index (κ1) is 20.4. The first-order chi connectivity index (χ1) is 13.4. The summed E-state index contributed by atoms with van der Waals surface area (Å²) in [5.74, 6) is -1.61. The van der Waals surface area contributed by atoms with Crippen LogP contribution in [0.15, 0.2) is 30.5 Å². The zero-order valence-electron chi connectivity index (χ0n) is 15.1. The Labute approximate surface area is 162 Å². The third-order valence-corrected chi connectivity index (χ3v) is 5.41. The zero-order chi connectivity index (χ0) is 20.0. The van der Waals surface area contributed by atoms with Gasteiger partial charge in [0.05, 0.1) is 30.9 Å². The number of nitrogens with one attached hydrogen (secondary N) is 2. The highest BCUT2D eigenvalue weighted by molar-refractivity contribution is 7.88. The number of morpholine rings is 1. The van der Waals surface area contributed by atoms with Crippen molar-refractivity contribution < 1.29 is 21.9 Å². The standard InChI is InChI=1S/C17H21F2N5O3S/c18-14-7-13(8-15(19)9-14)12-28(25,26)22-2-1-20-17-10-16(11-21-23-17)24-3-5-27-6-4-24/h7-11,22H,1-6,12H2,(H,20,23). The van der Waals surface area contributed by atoms with E-state index < -0.39 is 27.4 Å². The van der Waals surface area contributed by atoms with Gasteiger partial charge in [-0.1, -0.05) is 0 Å². The molecule has 1 aliphatic rings. The monoisotopic (exact) mass is 413 g/mol. The van der Waals surface area contributed by atoms with Gasteiger partial charge in [-0.3, -0.25) is 0 Å². The van der Waals surface area contributed by atoms with E-state index >= 15 is 0 Å². The largest absolute Gasteiger partial charge is 0.378 e. The van der Waals surface area contributed by atoms with E-state index in [1.54, 1.807) is 6.20 Å². The fourth-order valence-electron chi connectivity index (χ4n) is 2.80. The van der Waals surface area contributed by atoms with Gasteiger partial charge in [-0.15, -0.1) is 5.10 Å². The van der Waals surface area contributed by atoms with Gasteiger partial charge in [0, 0.05) is 38.3 Å². The summed E-state index contributed by atoms with van der Waals surface area (Å²) >= 11 is 0. The molecule has 1 aromatic heterocycles. The van der Waals surface area contributed by atoms with Crippen LogP contribution >= 0.6 is 0 Å². The number of anilines is 2. The van der Waals surface area contributed by atoms with Crippen LogP contribution in [0.3, 0.4) is 0 Å². The fraction of sp³-hybridized carbons (Fsp3) is 0.412. The fourth-order valence-corrected chi connectivity index (χ4v) is 3.92. The number of hydrogen-bond acceptors (Lipinski definition) is 7. The highest BCUT2D eigenvalue weighted by Crippen LogP contribution is 2.17. The predicted molar refractivity (Wildman–Crippen MR) is 101 cm³/mol. The molecule has 2 N–H and O–H groups in total. The van der Waals surface area contributed by atoms with Crippen molar-refractivity contribution >= 4 is 21.5 Å². The van der Waals surface area contributed by atoms with Gasteiger partial charge >= 0.3 is 0 Å². The molecule has 1 aromatic carbocycles. The average molecular weight is 413 g/mol. The third kappa shape index (κ3) is 6.08. The van der Waals surface area contributed by atoms with Crippen molar-refractivity contribution in [3.63, 3.8) is 0 Å². The van der Waals surface area contributed by atoms with Crippen molar-refractivity contribution in [2.24, 2.45) is 0 Å². The van der Waals surface area contributed by atoms with Gasteiger partial charge in [0.25, 0.3) is 0 Å². The number of benzene rings is 1. The highest BCUT2D eigenvalue weighted by atomic mass is 32.2. The van der Waals surface area contributed by atoms with Gasteiger partial charge in [0.1, 0.15) is 11.6 Å². The Morgan fingerprint density at radius 2 is 1.79 bits per heavy atom.